The van der Waals surface area contributed by atoms with Gasteiger partial charge in [-0.25, -0.2) is 13.2 Å². The van der Waals surface area contributed by atoms with Crippen molar-refractivity contribution in [2.45, 2.75) is 50.0 Å². The summed E-state index contributed by atoms with van der Waals surface area (Å²) in [5.74, 6) is -1.51. The maximum absolute atomic E-state index is 11.4. The van der Waals surface area contributed by atoms with Crippen molar-refractivity contribution >= 4 is 15.8 Å². The molecule has 0 bridgehead atoms. The highest BCUT2D eigenvalue weighted by molar-refractivity contribution is 7.91. The van der Waals surface area contributed by atoms with E-state index in [1.165, 1.54) is 0 Å². The monoisotopic (exact) mass is 371 g/mol. The van der Waals surface area contributed by atoms with Crippen molar-refractivity contribution in [1.29, 1.82) is 0 Å². The quantitative estimate of drug-likeness (QED) is 0.257. The Labute approximate surface area is 140 Å². The predicted octanol–water partition coefficient (Wildman–Crippen LogP) is -2.56. The highest BCUT2D eigenvalue weighted by Gasteiger charge is 2.47. The molecule has 10 nitrogen and oxygen atoms in total. The third kappa shape index (κ3) is 6.24. The molecule has 1 fully saturated rings. The van der Waals surface area contributed by atoms with Crippen LogP contribution in [0.3, 0.4) is 0 Å². The van der Waals surface area contributed by atoms with Gasteiger partial charge in [0.05, 0.1) is 11.5 Å². The lowest BCUT2D eigenvalue weighted by atomic mass is 9.99. The average Bonchev–Trinajstić information content (AvgIpc) is 2.49. The lowest BCUT2D eigenvalue weighted by Crippen LogP contribution is -2.60. The Morgan fingerprint density at radius 2 is 1.71 bits per heavy atom. The topological polar surface area (TPSA) is 177 Å². The minimum absolute atomic E-state index is 0.0265. The Morgan fingerprint density at radius 1 is 1.04 bits per heavy atom. The molecule has 0 aromatic carbocycles. The molecular formula is C13H25NO9S. The van der Waals surface area contributed by atoms with Crippen LogP contribution in [0.25, 0.3) is 0 Å². The Morgan fingerprint density at radius 3 is 2.29 bits per heavy atom. The first-order chi connectivity index (χ1) is 11.2. The van der Waals surface area contributed by atoms with Crippen LogP contribution < -0.4 is 5.73 Å². The maximum atomic E-state index is 11.4. The third-order valence-electron chi connectivity index (χ3n) is 3.62. The third-order valence-corrected chi connectivity index (χ3v) is 5.39. The number of hydrogen-bond acceptors (Lipinski definition) is 9. The van der Waals surface area contributed by atoms with Crippen molar-refractivity contribution < 1.29 is 43.1 Å². The van der Waals surface area contributed by atoms with Gasteiger partial charge in [0.2, 0.25) is 0 Å². The van der Waals surface area contributed by atoms with Crippen molar-refractivity contribution in [2.24, 2.45) is 5.73 Å². The number of hydrogen-bond donors (Lipinski definition) is 5. The summed E-state index contributed by atoms with van der Waals surface area (Å²) in [6.07, 6.45) is -6.70. The minimum atomic E-state index is -3.13. The van der Waals surface area contributed by atoms with Gasteiger partial charge in [-0.05, 0) is 12.8 Å². The number of carboxylic acids is 1. The number of carbonyl (C=O) groups is 1. The van der Waals surface area contributed by atoms with E-state index in [1.807, 2.05) is 0 Å². The zero-order valence-electron chi connectivity index (χ0n) is 13.2. The Kier molecular flexibility index (Phi) is 8.50. The molecule has 1 rings (SSSR count). The van der Waals surface area contributed by atoms with Crippen molar-refractivity contribution in [2.75, 3.05) is 24.7 Å². The normalized spacial score (nSPS) is 31.1. The van der Waals surface area contributed by atoms with E-state index in [1.54, 1.807) is 0 Å². The van der Waals surface area contributed by atoms with Gasteiger partial charge in [-0.1, -0.05) is 6.42 Å². The summed E-state index contributed by atoms with van der Waals surface area (Å²) in [4.78, 5) is 10.9. The fourth-order valence-electron chi connectivity index (χ4n) is 2.27. The molecule has 5 atom stereocenters. The van der Waals surface area contributed by atoms with Gasteiger partial charge in [0, 0.05) is 13.2 Å². The highest BCUT2D eigenvalue weighted by Crippen LogP contribution is 2.22. The van der Waals surface area contributed by atoms with Crippen molar-refractivity contribution in [3.05, 3.63) is 0 Å². The van der Waals surface area contributed by atoms with Gasteiger partial charge in [0.15, 0.2) is 22.2 Å². The van der Waals surface area contributed by atoms with Crippen LogP contribution in [-0.4, -0.2) is 90.2 Å². The molecule has 24 heavy (non-hydrogen) atoms. The zero-order valence-corrected chi connectivity index (χ0v) is 14.0. The van der Waals surface area contributed by atoms with Crippen LogP contribution in [-0.2, 0) is 24.1 Å². The fourth-order valence-corrected chi connectivity index (χ4v) is 3.48. The Bertz CT molecular complexity index is 498. The van der Waals surface area contributed by atoms with Crippen LogP contribution >= 0.6 is 0 Å². The van der Waals surface area contributed by atoms with E-state index < -0.39 is 46.5 Å². The number of carboxylic acid groups (broad SMARTS) is 1. The number of sulfone groups is 1. The van der Waals surface area contributed by atoms with E-state index >= 15 is 0 Å². The second-order valence-electron chi connectivity index (χ2n) is 5.61. The molecule has 6 N–H and O–H groups in total. The molecule has 0 amide bonds. The molecule has 1 aliphatic heterocycles. The molecule has 1 heterocycles. The first kappa shape index (κ1) is 21.2. The summed E-state index contributed by atoms with van der Waals surface area (Å²) < 4.78 is 33.0. The number of nitrogens with two attached hydrogens (primary N) is 1. The molecule has 1 saturated heterocycles. The molecular weight excluding hydrogens is 346 g/mol. The van der Waals surface area contributed by atoms with Crippen molar-refractivity contribution in [3.63, 3.8) is 0 Å². The highest BCUT2D eigenvalue weighted by atomic mass is 32.2. The number of unbranched alkanes of at least 4 members (excludes halogenated alkanes) is 2. The number of ether oxygens (including phenoxy) is 2. The smallest absolute Gasteiger partial charge is 0.335 e. The van der Waals surface area contributed by atoms with E-state index in [0.717, 1.165) is 0 Å². The van der Waals surface area contributed by atoms with E-state index in [9.17, 15) is 28.5 Å². The molecule has 0 saturated carbocycles. The summed E-state index contributed by atoms with van der Waals surface area (Å²) in [6.45, 7) is 0.162. The second kappa shape index (κ2) is 9.61. The summed E-state index contributed by atoms with van der Waals surface area (Å²) in [7, 11) is -3.13. The average molecular weight is 371 g/mol. The fraction of sp³-hybridized carbons (Fsp3) is 0.923. The summed E-state index contributed by atoms with van der Waals surface area (Å²) >= 11 is 0. The van der Waals surface area contributed by atoms with Gasteiger partial charge >= 0.3 is 5.97 Å². The van der Waals surface area contributed by atoms with Crippen LogP contribution in [0.15, 0.2) is 0 Å². The molecule has 0 aliphatic carbocycles. The molecule has 0 radical (unpaired) electrons. The maximum Gasteiger partial charge on any atom is 0.335 e. The summed E-state index contributed by atoms with van der Waals surface area (Å²) in [5.41, 5.74) is 5.20. The number of aliphatic carboxylic acids is 1. The zero-order chi connectivity index (χ0) is 18.3. The standard InChI is InChI=1S/C13H25NO9S/c14-4-7-24(20,21)6-3-1-2-5-22-13-10(17)8(15)9(16)11(23-13)12(18)19/h8-11,13,15-17H,1-7,14H2,(H,18,19)/t8-,9-,10+,11+,13+/m0/s1. The van der Waals surface area contributed by atoms with Crippen molar-refractivity contribution in [1.82, 2.24) is 0 Å². The van der Waals surface area contributed by atoms with Crippen LogP contribution in [0.4, 0.5) is 0 Å². The molecule has 0 aromatic heterocycles. The van der Waals surface area contributed by atoms with Gasteiger partial charge in [0.25, 0.3) is 0 Å². The molecule has 1 aliphatic rings. The number of aliphatic hydroxyl groups is 3. The van der Waals surface area contributed by atoms with E-state index in [2.05, 4.69) is 0 Å². The molecule has 11 heteroatoms. The minimum Gasteiger partial charge on any atom is -0.479 e. The molecule has 0 unspecified atom stereocenters. The van der Waals surface area contributed by atoms with Crippen LogP contribution in [0.1, 0.15) is 19.3 Å². The predicted molar refractivity (Wildman–Crippen MR) is 81.8 cm³/mol. The summed E-state index contributed by atoms with van der Waals surface area (Å²) in [6, 6.07) is 0. The first-order valence-corrected chi connectivity index (χ1v) is 9.46. The van der Waals surface area contributed by atoms with Gasteiger partial charge in [-0.15, -0.1) is 0 Å². The molecule has 0 aromatic rings. The lowest BCUT2D eigenvalue weighted by Gasteiger charge is -2.38. The Hall–Kier alpha value is -0.820. The van der Waals surface area contributed by atoms with Crippen LogP contribution in [0.5, 0.6) is 0 Å². The summed E-state index contributed by atoms with van der Waals surface area (Å²) in [5, 5.41) is 37.8. The largest absolute Gasteiger partial charge is 0.479 e. The number of aliphatic hydroxyl groups excluding tert-OH is 3. The second-order valence-corrected chi connectivity index (χ2v) is 7.91. The van der Waals surface area contributed by atoms with Gasteiger partial charge in [0.1, 0.15) is 18.3 Å². The van der Waals surface area contributed by atoms with Gasteiger partial charge in [-0.3, -0.25) is 0 Å². The number of rotatable bonds is 10. The van der Waals surface area contributed by atoms with E-state index in [-0.39, 0.29) is 24.7 Å². The van der Waals surface area contributed by atoms with E-state index in [4.69, 9.17) is 20.3 Å². The molecule has 142 valence electrons. The lowest BCUT2D eigenvalue weighted by molar-refractivity contribution is -0.294. The van der Waals surface area contributed by atoms with Gasteiger partial charge < -0.3 is 35.6 Å². The van der Waals surface area contributed by atoms with Crippen LogP contribution in [0, 0.1) is 0 Å². The van der Waals surface area contributed by atoms with Crippen LogP contribution in [0.2, 0.25) is 0 Å². The van der Waals surface area contributed by atoms with E-state index in [0.29, 0.717) is 19.3 Å². The van der Waals surface area contributed by atoms with Crippen molar-refractivity contribution in [3.8, 4) is 0 Å². The Balaban J connectivity index is 2.32. The SMILES string of the molecule is NCCS(=O)(=O)CCCCCO[C@@H]1O[C@@H](C(=O)O)[C@@H](O)[C@H](O)[C@H]1O. The first-order valence-electron chi connectivity index (χ1n) is 7.64. The molecule has 0 spiro atoms. The van der Waals surface area contributed by atoms with Gasteiger partial charge in [-0.2, -0.15) is 0 Å².